The van der Waals surface area contributed by atoms with Crippen molar-refractivity contribution < 1.29 is 19.1 Å². The molecule has 1 aromatic heterocycles. The summed E-state index contributed by atoms with van der Waals surface area (Å²) in [5.41, 5.74) is -0.605. The molecule has 0 saturated heterocycles. The van der Waals surface area contributed by atoms with E-state index in [1.54, 1.807) is 6.07 Å². The van der Waals surface area contributed by atoms with E-state index in [1.165, 1.54) is 48.7 Å². The van der Waals surface area contributed by atoms with Crippen molar-refractivity contribution in [3.05, 3.63) is 86.4 Å². The average Bonchev–Trinajstić information content (AvgIpc) is 3.11. The summed E-state index contributed by atoms with van der Waals surface area (Å²) in [7, 11) is 0. The van der Waals surface area contributed by atoms with Crippen molar-refractivity contribution in [1.29, 1.82) is 0 Å². The molecule has 1 heterocycles. The van der Waals surface area contributed by atoms with Crippen molar-refractivity contribution in [2.45, 2.75) is 0 Å². The van der Waals surface area contributed by atoms with Crippen LogP contribution in [0.2, 0.25) is 0 Å². The molecule has 9 heteroatoms. The number of carbonyl (C=O) groups is 1. The standard InChI is InChI=1S/C16H9N3O6/c20-15(11-6-2-4-8-13(11)19(23)24)16-17-9-14(25-16)10-5-1-3-7-12(10)18(21)22/h1-9H. The molecule has 0 bridgehead atoms. The minimum Gasteiger partial charge on any atom is -0.433 e. The second-order valence-corrected chi connectivity index (χ2v) is 4.91. The predicted octanol–water partition coefficient (Wildman–Crippen LogP) is 3.39. The molecule has 3 aromatic rings. The molecule has 0 amide bonds. The van der Waals surface area contributed by atoms with Gasteiger partial charge >= 0.3 is 0 Å². The number of nitro benzene ring substituents is 2. The third-order valence-corrected chi connectivity index (χ3v) is 3.41. The third-order valence-electron chi connectivity index (χ3n) is 3.41. The molecule has 0 unspecified atom stereocenters. The zero-order valence-electron chi connectivity index (χ0n) is 12.5. The molecular formula is C16H9N3O6. The third kappa shape index (κ3) is 2.98. The highest BCUT2D eigenvalue weighted by Gasteiger charge is 2.26. The van der Waals surface area contributed by atoms with Gasteiger partial charge in [0, 0.05) is 12.1 Å². The van der Waals surface area contributed by atoms with Crippen LogP contribution >= 0.6 is 0 Å². The number of ketones is 1. The van der Waals surface area contributed by atoms with E-state index >= 15 is 0 Å². The number of nitrogens with zero attached hydrogens (tertiary/aromatic N) is 3. The molecule has 0 spiro atoms. The Morgan fingerprint density at radius 3 is 2.20 bits per heavy atom. The molecule has 0 aliphatic carbocycles. The van der Waals surface area contributed by atoms with Crippen LogP contribution in [0, 0.1) is 20.2 Å². The summed E-state index contributed by atoms with van der Waals surface area (Å²) in [5, 5.41) is 22.1. The highest BCUT2D eigenvalue weighted by atomic mass is 16.6. The number of oxazole rings is 1. The van der Waals surface area contributed by atoms with E-state index < -0.39 is 15.6 Å². The number of benzene rings is 2. The van der Waals surface area contributed by atoms with Crippen LogP contribution < -0.4 is 0 Å². The summed E-state index contributed by atoms with van der Waals surface area (Å²) in [5.74, 6) is -1.14. The van der Waals surface area contributed by atoms with Gasteiger partial charge in [0.05, 0.1) is 21.6 Å². The van der Waals surface area contributed by atoms with Crippen molar-refractivity contribution in [3.8, 4) is 11.3 Å². The van der Waals surface area contributed by atoms with Gasteiger partial charge in [-0.05, 0) is 12.1 Å². The molecule has 0 atom stereocenters. The first-order valence-electron chi connectivity index (χ1n) is 6.97. The molecule has 0 aliphatic heterocycles. The lowest BCUT2D eigenvalue weighted by atomic mass is 10.1. The first-order valence-corrected chi connectivity index (χ1v) is 6.97. The number of aromatic nitrogens is 1. The van der Waals surface area contributed by atoms with Crippen molar-refractivity contribution >= 4 is 17.2 Å². The molecule has 9 nitrogen and oxygen atoms in total. The molecule has 0 saturated carbocycles. The largest absolute Gasteiger partial charge is 0.433 e. The molecule has 2 aromatic carbocycles. The fourth-order valence-electron chi connectivity index (χ4n) is 2.28. The molecular weight excluding hydrogens is 330 g/mol. The normalized spacial score (nSPS) is 10.4. The van der Waals surface area contributed by atoms with Crippen LogP contribution in [-0.2, 0) is 0 Å². The number of para-hydroxylation sites is 2. The first kappa shape index (κ1) is 16.0. The van der Waals surface area contributed by atoms with Crippen molar-refractivity contribution in [3.63, 3.8) is 0 Å². The molecule has 0 aliphatic rings. The van der Waals surface area contributed by atoms with E-state index in [4.69, 9.17) is 4.42 Å². The maximum absolute atomic E-state index is 12.4. The van der Waals surface area contributed by atoms with Crippen molar-refractivity contribution in [2.24, 2.45) is 0 Å². The fourth-order valence-corrected chi connectivity index (χ4v) is 2.28. The van der Waals surface area contributed by atoms with E-state index in [0.717, 1.165) is 0 Å². The number of rotatable bonds is 5. The Balaban J connectivity index is 2.02. The Bertz CT molecular complexity index is 995. The summed E-state index contributed by atoms with van der Waals surface area (Å²) in [6, 6.07) is 11.2. The zero-order chi connectivity index (χ0) is 18.0. The highest BCUT2D eigenvalue weighted by molar-refractivity contribution is 6.08. The number of hydrogen-bond acceptors (Lipinski definition) is 7. The lowest BCUT2D eigenvalue weighted by Gasteiger charge is -2.00. The van der Waals surface area contributed by atoms with Crippen LogP contribution in [0.15, 0.2) is 59.1 Å². The van der Waals surface area contributed by atoms with Gasteiger partial charge in [0.25, 0.3) is 23.0 Å². The summed E-state index contributed by atoms with van der Waals surface area (Å²) in [6.45, 7) is 0. The van der Waals surface area contributed by atoms with Crippen molar-refractivity contribution in [2.75, 3.05) is 0 Å². The van der Waals surface area contributed by atoms with Crippen LogP contribution in [0.4, 0.5) is 11.4 Å². The van der Waals surface area contributed by atoms with Gasteiger partial charge in [-0.25, -0.2) is 4.98 Å². The predicted molar refractivity (Wildman–Crippen MR) is 85.1 cm³/mol. The SMILES string of the molecule is O=C(c1ncc(-c2ccccc2[N+](=O)[O-])o1)c1ccccc1[N+](=O)[O-]. The molecule has 124 valence electrons. The van der Waals surface area contributed by atoms with Crippen molar-refractivity contribution in [1.82, 2.24) is 4.98 Å². The van der Waals surface area contributed by atoms with Crippen LogP contribution in [0.5, 0.6) is 0 Å². The van der Waals surface area contributed by atoms with Gasteiger partial charge in [0.1, 0.15) is 5.56 Å². The molecule has 0 fully saturated rings. The summed E-state index contributed by atoms with van der Waals surface area (Å²) in [6.07, 6.45) is 1.17. The first-order chi connectivity index (χ1) is 12.0. The van der Waals surface area contributed by atoms with Gasteiger partial charge in [-0.1, -0.05) is 24.3 Å². The van der Waals surface area contributed by atoms with E-state index in [2.05, 4.69) is 4.98 Å². The number of hydrogen-bond donors (Lipinski definition) is 0. The lowest BCUT2D eigenvalue weighted by molar-refractivity contribution is -0.385. The van der Waals surface area contributed by atoms with Crippen LogP contribution in [-0.4, -0.2) is 20.6 Å². The second-order valence-electron chi connectivity index (χ2n) is 4.91. The minimum absolute atomic E-state index is 0.0224. The Labute approximate surface area is 139 Å². The quantitative estimate of drug-likeness (QED) is 0.395. The fraction of sp³-hybridized carbons (Fsp3) is 0. The van der Waals surface area contributed by atoms with Crippen LogP contribution in [0.25, 0.3) is 11.3 Å². The Morgan fingerprint density at radius 2 is 1.52 bits per heavy atom. The maximum atomic E-state index is 12.4. The van der Waals surface area contributed by atoms with E-state index in [-0.39, 0.29) is 34.2 Å². The number of nitro groups is 2. The topological polar surface area (TPSA) is 129 Å². The Kier molecular flexibility index (Phi) is 4.04. The van der Waals surface area contributed by atoms with Gasteiger partial charge in [-0.15, -0.1) is 0 Å². The van der Waals surface area contributed by atoms with Gasteiger partial charge in [-0.3, -0.25) is 25.0 Å². The molecule has 0 radical (unpaired) electrons. The van der Waals surface area contributed by atoms with Gasteiger partial charge in [0.2, 0.25) is 0 Å². The maximum Gasteiger partial charge on any atom is 0.280 e. The zero-order valence-corrected chi connectivity index (χ0v) is 12.5. The van der Waals surface area contributed by atoms with Gasteiger partial charge < -0.3 is 4.42 Å². The average molecular weight is 339 g/mol. The Hall–Kier alpha value is -3.88. The minimum atomic E-state index is -0.780. The summed E-state index contributed by atoms with van der Waals surface area (Å²) >= 11 is 0. The molecule has 25 heavy (non-hydrogen) atoms. The monoisotopic (exact) mass is 339 g/mol. The summed E-state index contributed by atoms with van der Waals surface area (Å²) < 4.78 is 5.32. The van der Waals surface area contributed by atoms with Gasteiger partial charge in [-0.2, -0.15) is 0 Å². The molecule has 3 rings (SSSR count). The lowest BCUT2D eigenvalue weighted by Crippen LogP contribution is -2.05. The highest BCUT2D eigenvalue weighted by Crippen LogP contribution is 2.31. The van der Waals surface area contributed by atoms with Crippen LogP contribution in [0.3, 0.4) is 0 Å². The van der Waals surface area contributed by atoms with E-state index in [9.17, 15) is 25.0 Å². The van der Waals surface area contributed by atoms with Crippen LogP contribution in [0.1, 0.15) is 16.2 Å². The smallest absolute Gasteiger partial charge is 0.280 e. The summed E-state index contributed by atoms with van der Waals surface area (Å²) in [4.78, 5) is 37.1. The van der Waals surface area contributed by atoms with E-state index in [1.807, 2.05) is 0 Å². The second kappa shape index (κ2) is 6.32. The Morgan fingerprint density at radius 1 is 0.920 bits per heavy atom. The van der Waals surface area contributed by atoms with Gasteiger partial charge in [0.15, 0.2) is 5.76 Å². The van der Waals surface area contributed by atoms with E-state index in [0.29, 0.717) is 0 Å². The molecule has 0 N–H and O–H groups in total. The number of carbonyl (C=O) groups excluding carboxylic acids is 1.